The van der Waals surface area contributed by atoms with Gasteiger partial charge in [0.1, 0.15) is 0 Å². The number of sulfone groups is 1. The van der Waals surface area contributed by atoms with Crippen molar-refractivity contribution >= 4 is 19.9 Å². The molecule has 1 rings (SSSR count). The van der Waals surface area contributed by atoms with Crippen molar-refractivity contribution in [2.24, 2.45) is 11.7 Å². The Morgan fingerprint density at radius 3 is 2.30 bits per heavy atom. The molecule has 2 atom stereocenters. The first-order valence-electron chi connectivity index (χ1n) is 6.94. The largest absolute Gasteiger partial charge is 0.329 e. The van der Waals surface area contributed by atoms with Crippen molar-refractivity contribution in [1.29, 1.82) is 0 Å². The van der Waals surface area contributed by atoms with Crippen molar-refractivity contribution in [3.05, 3.63) is 0 Å². The van der Waals surface area contributed by atoms with Gasteiger partial charge in [-0.3, -0.25) is 0 Å². The van der Waals surface area contributed by atoms with Crippen molar-refractivity contribution in [2.45, 2.75) is 45.1 Å². The molecule has 120 valence electrons. The average molecular weight is 326 g/mol. The summed E-state index contributed by atoms with van der Waals surface area (Å²) >= 11 is 0. The maximum atomic E-state index is 12.4. The predicted octanol–water partition coefficient (Wildman–Crippen LogP) is 0.548. The zero-order valence-electron chi connectivity index (χ0n) is 12.5. The first-order valence-corrected chi connectivity index (χ1v) is 10.6. The summed E-state index contributed by atoms with van der Waals surface area (Å²) in [5.74, 6) is 0.398. The van der Waals surface area contributed by atoms with Gasteiger partial charge in [-0.1, -0.05) is 26.7 Å². The molecular formula is C12H26N2O4S2. The summed E-state index contributed by atoms with van der Waals surface area (Å²) in [6, 6.07) is 0. The number of rotatable bonds is 6. The number of nitrogens with two attached hydrogens (primary N) is 1. The Morgan fingerprint density at radius 2 is 1.90 bits per heavy atom. The predicted molar refractivity (Wildman–Crippen MR) is 80.4 cm³/mol. The Bertz CT molecular complexity index is 530. The maximum absolute atomic E-state index is 12.4. The molecule has 1 saturated carbocycles. The van der Waals surface area contributed by atoms with Crippen molar-refractivity contribution in [3.63, 3.8) is 0 Å². The molecular weight excluding hydrogens is 300 g/mol. The molecule has 1 aliphatic carbocycles. The number of sulfonamides is 1. The first kappa shape index (κ1) is 17.9. The molecule has 0 bridgehead atoms. The van der Waals surface area contributed by atoms with E-state index in [2.05, 4.69) is 6.92 Å². The number of nitrogens with zero attached hydrogens (tertiary/aromatic N) is 1. The monoisotopic (exact) mass is 326 g/mol. The van der Waals surface area contributed by atoms with Gasteiger partial charge < -0.3 is 5.73 Å². The van der Waals surface area contributed by atoms with Gasteiger partial charge in [0.15, 0.2) is 14.9 Å². The third-order valence-corrected chi connectivity index (χ3v) is 8.18. The van der Waals surface area contributed by atoms with E-state index in [4.69, 9.17) is 5.73 Å². The van der Waals surface area contributed by atoms with E-state index in [9.17, 15) is 16.8 Å². The van der Waals surface area contributed by atoms with Crippen LogP contribution in [0.2, 0.25) is 0 Å². The molecule has 0 spiro atoms. The minimum absolute atomic E-state index is 0.230. The minimum atomic E-state index is -3.86. The summed E-state index contributed by atoms with van der Waals surface area (Å²) in [6.07, 6.45) is 4.32. The van der Waals surface area contributed by atoms with Crippen LogP contribution in [-0.2, 0) is 19.9 Å². The summed E-state index contributed by atoms with van der Waals surface area (Å²) in [5.41, 5.74) is 5.25. The molecule has 0 heterocycles. The Hall–Kier alpha value is -0.180. The second-order valence-electron chi connectivity index (χ2n) is 5.95. The lowest BCUT2D eigenvalue weighted by molar-refractivity contribution is 0.113. The van der Waals surface area contributed by atoms with Crippen LogP contribution in [-0.4, -0.2) is 51.1 Å². The highest BCUT2D eigenvalue weighted by atomic mass is 32.3. The number of hydrogen-bond donors (Lipinski definition) is 1. The topological polar surface area (TPSA) is 97.5 Å². The first-order chi connectivity index (χ1) is 9.06. The van der Waals surface area contributed by atoms with Gasteiger partial charge in [0.05, 0.1) is 0 Å². The molecule has 8 heteroatoms. The van der Waals surface area contributed by atoms with Gasteiger partial charge in [-0.2, -0.15) is 4.31 Å². The van der Waals surface area contributed by atoms with Crippen molar-refractivity contribution in [3.8, 4) is 0 Å². The van der Waals surface area contributed by atoms with Gasteiger partial charge in [-0.15, -0.1) is 0 Å². The summed E-state index contributed by atoms with van der Waals surface area (Å²) < 4.78 is 48.9. The highest BCUT2D eigenvalue weighted by Gasteiger charge is 2.44. The van der Waals surface area contributed by atoms with Crippen molar-refractivity contribution in [2.75, 3.05) is 24.4 Å². The lowest BCUT2D eigenvalue weighted by Gasteiger charge is -2.46. The van der Waals surface area contributed by atoms with E-state index < -0.39 is 30.5 Å². The van der Waals surface area contributed by atoms with E-state index in [0.29, 0.717) is 18.8 Å². The molecule has 1 fully saturated rings. The molecule has 20 heavy (non-hydrogen) atoms. The molecule has 0 aliphatic heterocycles. The van der Waals surface area contributed by atoms with Crippen LogP contribution in [0.15, 0.2) is 0 Å². The van der Waals surface area contributed by atoms with Crippen molar-refractivity contribution < 1.29 is 16.8 Å². The molecule has 6 nitrogen and oxygen atoms in total. The van der Waals surface area contributed by atoms with Gasteiger partial charge in [-0.25, -0.2) is 16.8 Å². The number of hydrogen-bond acceptors (Lipinski definition) is 5. The summed E-state index contributed by atoms with van der Waals surface area (Å²) in [5, 5.41) is -0.843. The fraction of sp³-hybridized carbons (Fsp3) is 1.00. The highest BCUT2D eigenvalue weighted by Crippen LogP contribution is 2.37. The third-order valence-electron chi connectivity index (χ3n) is 3.96. The molecule has 2 unspecified atom stereocenters. The van der Waals surface area contributed by atoms with Crippen LogP contribution in [0.4, 0.5) is 0 Å². The van der Waals surface area contributed by atoms with E-state index in [1.54, 1.807) is 6.92 Å². The second kappa shape index (κ2) is 6.29. The molecule has 0 aromatic rings. The molecule has 0 aromatic heterocycles. The lowest BCUT2D eigenvalue weighted by atomic mass is 9.76. The van der Waals surface area contributed by atoms with E-state index in [0.717, 1.165) is 19.1 Å². The van der Waals surface area contributed by atoms with Crippen LogP contribution in [0, 0.1) is 5.92 Å². The molecule has 0 saturated heterocycles. The second-order valence-corrected chi connectivity index (χ2v) is 10.3. The smallest absolute Gasteiger partial charge is 0.229 e. The van der Waals surface area contributed by atoms with Crippen LogP contribution in [0.25, 0.3) is 0 Å². The third kappa shape index (κ3) is 4.16. The summed E-state index contributed by atoms with van der Waals surface area (Å²) in [7, 11) is -7.45. The molecule has 0 radical (unpaired) electrons. The normalized spacial score (nSPS) is 28.8. The Labute approximate surface area is 122 Å². The Kier molecular flexibility index (Phi) is 5.62. The lowest BCUT2D eigenvalue weighted by Crippen LogP contribution is -2.58. The van der Waals surface area contributed by atoms with Crippen LogP contribution < -0.4 is 5.73 Å². The fourth-order valence-corrected chi connectivity index (χ4v) is 7.20. The SMILES string of the molecule is CCN(C1(CN)CCCC(C)C1)S(=O)(=O)CS(C)(=O)=O. The Balaban J connectivity index is 3.15. The molecule has 0 amide bonds. The van der Waals surface area contributed by atoms with Gasteiger partial charge in [0.25, 0.3) is 0 Å². The van der Waals surface area contributed by atoms with E-state index in [1.807, 2.05) is 0 Å². The zero-order valence-corrected chi connectivity index (χ0v) is 14.1. The van der Waals surface area contributed by atoms with E-state index in [-0.39, 0.29) is 13.1 Å². The average Bonchev–Trinajstić information content (AvgIpc) is 2.26. The van der Waals surface area contributed by atoms with E-state index in [1.165, 1.54) is 4.31 Å². The minimum Gasteiger partial charge on any atom is -0.329 e. The van der Waals surface area contributed by atoms with Gasteiger partial charge in [0.2, 0.25) is 10.0 Å². The number of likely N-dealkylation sites (N-methyl/N-ethyl adjacent to an activating group) is 1. The molecule has 2 N–H and O–H groups in total. The zero-order chi connectivity index (χ0) is 15.6. The summed E-state index contributed by atoms with van der Waals surface area (Å²) in [4.78, 5) is 0. The van der Waals surface area contributed by atoms with Crippen LogP contribution >= 0.6 is 0 Å². The van der Waals surface area contributed by atoms with Gasteiger partial charge in [-0.05, 0) is 18.8 Å². The maximum Gasteiger partial charge on any atom is 0.229 e. The molecule has 0 aromatic carbocycles. The fourth-order valence-electron chi connectivity index (χ4n) is 3.31. The van der Waals surface area contributed by atoms with Crippen LogP contribution in [0.1, 0.15) is 39.5 Å². The van der Waals surface area contributed by atoms with E-state index >= 15 is 0 Å². The highest BCUT2D eigenvalue weighted by molar-refractivity contribution is 8.06. The van der Waals surface area contributed by atoms with Crippen molar-refractivity contribution in [1.82, 2.24) is 4.31 Å². The Morgan fingerprint density at radius 1 is 1.30 bits per heavy atom. The summed E-state index contributed by atoms with van der Waals surface area (Å²) in [6.45, 7) is 4.30. The quantitative estimate of drug-likeness (QED) is 0.768. The molecule has 1 aliphatic rings. The standard InChI is InChI=1S/C12H26N2O4S2/c1-4-14(20(17,18)10-19(3,15)16)12(9-13)7-5-6-11(2)8-12/h11H,4-10,13H2,1-3H3. The van der Waals surface area contributed by atoms with Gasteiger partial charge in [0, 0.05) is 24.9 Å². The van der Waals surface area contributed by atoms with Crippen LogP contribution in [0.3, 0.4) is 0 Å². The van der Waals surface area contributed by atoms with Crippen LogP contribution in [0.5, 0.6) is 0 Å². The van der Waals surface area contributed by atoms with Gasteiger partial charge >= 0.3 is 0 Å².